The minimum Gasteiger partial charge on any atom is -0.307 e. The molecule has 316 valence electrons. The molecule has 0 N–H and O–H groups in total. The van der Waals surface area contributed by atoms with Crippen LogP contribution in [0.2, 0.25) is 0 Å². The molecule has 0 spiro atoms. The van der Waals surface area contributed by atoms with E-state index in [4.69, 9.17) is 0 Å². The largest absolute Gasteiger partial charge is 0.307 e. The van der Waals surface area contributed by atoms with E-state index in [9.17, 15) is 0 Å². The molecule has 10 aromatic carbocycles. The maximum Gasteiger partial charge on any atom is 0.134 e. The number of nitrogens with zero attached hydrogens (tertiary/aromatic N) is 4. The second kappa shape index (κ2) is 14.1. The molecule has 4 heterocycles. The summed E-state index contributed by atoms with van der Waals surface area (Å²) in [4.78, 5) is 0. The first-order valence-electron chi connectivity index (χ1n) is 22.7. The van der Waals surface area contributed by atoms with Crippen molar-refractivity contribution in [1.82, 2.24) is 18.3 Å². The number of rotatable bonds is 5. The molecule has 0 saturated heterocycles. The number of fused-ring (bicyclic) bond motifs is 14. The van der Waals surface area contributed by atoms with E-state index in [2.05, 4.69) is 207 Å². The van der Waals surface area contributed by atoms with Gasteiger partial charge in [-0.05, 0) is 85.3 Å². The average Bonchev–Trinajstić information content (AvgIpc) is 4.10. The van der Waals surface area contributed by atoms with E-state index in [1.54, 1.807) is 0 Å². The van der Waals surface area contributed by atoms with Gasteiger partial charge in [0.2, 0.25) is 0 Å². The van der Waals surface area contributed by atoms with Gasteiger partial charge < -0.3 is 18.3 Å². The van der Waals surface area contributed by atoms with Crippen LogP contribution in [0.1, 0.15) is 5.56 Å². The highest BCUT2D eigenvalue weighted by atomic mass is 19.1. The number of benzene rings is 10. The molecule has 14 aromatic rings. The number of aromatic nitrogens is 4. The lowest BCUT2D eigenvalue weighted by Crippen LogP contribution is -2.08. The van der Waals surface area contributed by atoms with Crippen LogP contribution in [0.3, 0.4) is 0 Å². The summed E-state index contributed by atoms with van der Waals surface area (Å²) in [6.07, 6.45) is 0. The molecule has 0 aliphatic heterocycles. The van der Waals surface area contributed by atoms with Crippen LogP contribution in [-0.4, -0.2) is 18.3 Å². The maximum absolute atomic E-state index is 16.6. The molecule has 14 rings (SSSR count). The smallest absolute Gasteiger partial charge is 0.134 e. The third kappa shape index (κ3) is 5.15. The third-order valence-corrected chi connectivity index (χ3v) is 14.1. The summed E-state index contributed by atoms with van der Waals surface area (Å²) >= 11 is 0. The molecule has 0 unspecified atom stereocenters. The second-order valence-corrected chi connectivity index (χ2v) is 17.5. The van der Waals surface area contributed by atoms with Gasteiger partial charge in [-0.2, -0.15) is 0 Å². The highest BCUT2D eigenvalue weighted by Crippen LogP contribution is 2.47. The number of hydrogen-bond acceptors (Lipinski definition) is 0. The van der Waals surface area contributed by atoms with E-state index in [0.717, 1.165) is 110 Å². The maximum atomic E-state index is 16.6. The summed E-state index contributed by atoms with van der Waals surface area (Å²) in [5.41, 5.74) is 13.2. The molecule has 4 aromatic heterocycles. The lowest BCUT2D eigenvalue weighted by molar-refractivity contribution is 0.589. The van der Waals surface area contributed by atoms with Gasteiger partial charge in [0.1, 0.15) is 11.6 Å². The highest BCUT2D eigenvalue weighted by Gasteiger charge is 2.28. The Morgan fingerprint density at radius 2 is 0.657 bits per heavy atom. The first-order chi connectivity index (χ1) is 33.1. The molecular weight excluding hydrogens is 827 g/mol. The SMILES string of the molecule is Cc1c(-n2c3ccccc3c3ccc4c5ccccc5n(-c5ccccc5)c4c32)ccc(-c2c(F)cccc2F)c1-n1c2ccccc2c2ccc3c4ccccc4n(-c4ccccc4)c3c21. The Morgan fingerprint density at radius 3 is 1.10 bits per heavy atom. The van der Waals surface area contributed by atoms with Gasteiger partial charge in [0.05, 0.1) is 61.1 Å². The molecule has 0 radical (unpaired) electrons. The van der Waals surface area contributed by atoms with E-state index in [-0.39, 0.29) is 5.56 Å². The Balaban J connectivity index is 1.21. The summed E-state index contributed by atoms with van der Waals surface area (Å²) in [5.74, 6) is -1.24. The van der Waals surface area contributed by atoms with Crippen molar-refractivity contribution < 1.29 is 8.78 Å². The zero-order chi connectivity index (χ0) is 44.5. The first kappa shape index (κ1) is 37.6. The first-order valence-corrected chi connectivity index (χ1v) is 22.7. The molecule has 0 amide bonds. The zero-order valence-corrected chi connectivity index (χ0v) is 36.3. The van der Waals surface area contributed by atoms with Crippen molar-refractivity contribution in [2.75, 3.05) is 0 Å². The van der Waals surface area contributed by atoms with Gasteiger partial charge in [-0.1, -0.05) is 140 Å². The summed E-state index contributed by atoms with van der Waals surface area (Å²) in [5, 5.41) is 8.80. The second-order valence-electron chi connectivity index (χ2n) is 17.5. The van der Waals surface area contributed by atoms with E-state index < -0.39 is 11.6 Å². The Labute approximate surface area is 383 Å². The van der Waals surface area contributed by atoms with E-state index >= 15 is 8.78 Å². The van der Waals surface area contributed by atoms with Crippen LogP contribution in [0.15, 0.2) is 212 Å². The topological polar surface area (TPSA) is 19.7 Å². The van der Waals surface area contributed by atoms with Gasteiger partial charge in [-0.25, -0.2) is 8.78 Å². The van der Waals surface area contributed by atoms with Crippen LogP contribution < -0.4 is 0 Å². The molecule has 67 heavy (non-hydrogen) atoms. The lowest BCUT2D eigenvalue weighted by Gasteiger charge is -2.22. The number of hydrogen-bond donors (Lipinski definition) is 0. The van der Waals surface area contributed by atoms with Gasteiger partial charge in [-0.15, -0.1) is 0 Å². The summed E-state index contributed by atoms with van der Waals surface area (Å²) in [6, 6.07) is 72.2. The molecule has 0 fully saturated rings. The quantitative estimate of drug-likeness (QED) is 0.164. The lowest BCUT2D eigenvalue weighted by atomic mass is 9.97. The highest BCUT2D eigenvalue weighted by molar-refractivity contribution is 6.25. The van der Waals surface area contributed by atoms with Crippen molar-refractivity contribution in [3.05, 3.63) is 230 Å². The van der Waals surface area contributed by atoms with Gasteiger partial charge in [0.25, 0.3) is 0 Å². The van der Waals surface area contributed by atoms with Crippen LogP contribution in [0.5, 0.6) is 0 Å². The van der Waals surface area contributed by atoms with Crippen LogP contribution in [-0.2, 0) is 0 Å². The molecule has 0 atom stereocenters. The van der Waals surface area contributed by atoms with E-state index in [1.807, 2.05) is 12.1 Å². The summed E-state index contributed by atoms with van der Waals surface area (Å²) in [6.45, 7) is 2.12. The van der Waals surface area contributed by atoms with Crippen molar-refractivity contribution in [2.24, 2.45) is 0 Å². The summed E-state index contributed by atoms with van der Waals surface area (Å²) in [7, 11) is 0. The van der Waals surface area contributed by atoms with Gasteiger partial charge in [-0.3, -0.25) is 0 Å². The fraction of sp³-hybridized carbons (Fsp3) is 0.0164. The predicted molar refractivity (Wildman–Crippen MR) is 274 cm³/mol. The van der Waals surface area contributed by atoms with Gasteiger partial charge >= 0.3 is 0 Å². The predicted octanol–water partition coefficient (Wildman–Crippen LogP) is 16.3. The molecule has 0 aliphatic rings. The average molecular weight is 865 g/mol. The third-order valence-electron chi connectivity index (χ3n) is 14.1. The molecule has 0 aliphatic carbocycles. The summed E-state index contributed by atoms with van der Waals surface area (Å²) < 4.78 is 42.6. The Morgan fingerprint density at radius 1 is 0.299 bits per heavy atom. The van der Waals surface area contributed by atoms with Crippen LogP contribution >= 0.6 is 0 Å². The fourth-order valence-corrected chi connectivity index (χ4v) is 11.4. The van der Waals surface area contributed by atoms with Crippen molar-refractivity contribution in [3.8, 4) is 33.9 Å². The molecule has 6 heteroatoms. The normalized spacial score (nSPS) is 12.1. The van der Waals surface area contributed by atoms with E-state index in [0.29, 0.717) is 11.3 Å². The van der Waals surface area contributed by atoms with Gasteiger partial charge in [0.15, 0.2) is 0 Å². The van der Waals surface area contributed by atoms with Crippen LogP contribution in [0, 0.1) is 18.6 Å². The van der Waals surface area contributed by atoms with Crippen molar-refractivity contribution in [2.45, 2.75) is 6.92 Å². The molecule has 0 saturated carbocycles. The van der Waals surface area contributed by atoms with Crippen LogP contribution in [0.4, 0.5) is 8.78 Å². The van der Waals surface area contributed by atoms with Crippen molar-refractivity contribution in [3.63, 3.8) is 0 Å². The molecular formula is C61H38F2N4. The van der Waals surface area contributed by atoms with Gasteiger partial charge in [0, 0.05) is 60.0 Å². The molecule has 0 bridgehead atoms. The Bertz CT molecular complexity index is 4340. The number of para-hydroxylation sites is 6. The van der Waals surface area contributed by atoms with Crippen molar-refractivity contribution >= 4 is 87.2 Å². The van der Waals surface area contributed by atoms with E-state index in [1.165, 1.54) is 18.2 Å². The zero-order valence-electron chi connectivity index (χ0n) is 36.3. The standard InChI is InChI=1S/C61H38F2N4/c1-37-51(66-54-29-14-10-23-42(54)46-33-31-44-40-21-8-12-27-52(40)64(58(44)60(46)66)38-17-4-2-5-18-38)36-35-48(56-49(62)25-16-26-50(56)63)57(37)67-55-30-15-11-24-43(55)47-34-32-45-41-22-9-13-28-53(41)65(59(45)61(47)67)39-19-6-3-7-20-39/h2-36H,1H3. The number of halogens is 2. The van der Waals surface area contributed by atoms with Crippen molar-refractivity contribution in [1.29, 1.82) is 0 Å². The van der Waals surface area contributed by atoms with Crippen LogP contribution in [0.25, 0.3) is 121 Å². The Hall–Kier alpha value is -8.74. The molecule has 4 nitrogen and oxygen atoms in total. The minimum atomic E-state index is -0.622. The fourth-order valence-electron chi connectivity index (χ4n) is 11.4. The Kier molecular flexibility index (Phi) is 7.93. The minimum absolute atomic E-state index is 0.0670. The monoisotopic (exact) mass is 864 g/mol.